The molecular weight excluding hydrogens is 264 g/mol. The van der Waals surface area contributed by atoms with Crippen LogP contribution in [-0.4, -0.2) is 31.7 Å². The average Bonchev–Trinajstić information content (AvgIpc) is 2.92. The Bertz CT molecular complexity index is 577. The molecule has 21 heavy (non-hydrogen) atoms. The summed E-state index contributed by atoms with van der Waals surface area (Å²) in [6, 6.07) is 2.15. The summed E-state index contributed by atoms with van der Waals surface area (Å²) in [5, 5.41) is 20.3. The molecule has 0 aromatic carbocycles. The first-order valence-corrected chi connectivity index (χ1v) is 7.60. The molecule has 0 amide bonds. The maximum atomic E-state index is 4.25. The van der Waals surface area contributed by atoms with Gasteiger partial charge in [0.1, 0.15) is 0 Å². The van der Waals surface area contributed by atoms with Gasteiger partial charge < -0.3 is 5.32 Å². The standard InChI is InChI=1S/C15H24N6/c1-5-7-16-15(13-9-11(3)18-19-12(13)4)14-10-17-20-21(14)8-6-2/h9-10,15-16H,5-8H2,1-4H3. The first kappa shape index (κ1) is 15.6. The Morgan fingerprint density at radius 1 is 1.19 bits per heavy atom. The van der Waals surface area contributed by atoms with Crippen LogP contribution in [0.1, 0.15) is 55.4 Å². The molecule has 6 nitrogen and oxygen atoms in total. The third-order valence-corrected chi connectivity index (χ3v) is 3.43. The van der Waals surface area contributed by atoms with Crippen LogP contribution >= 0.6 is 0 Å². The van der Waals surface area contributed by atoms with Crippen molar-refractivity contribution in [1.29, 1.82) is 0 Å². The second kappa shape index (κ2) is 7.26. The summed E-state index contributed by atoms with van der Waals surface area (Å²) in [5.74, 6) is 0. The van der Waals surface area contributed by atoms with Crippen LogP contribution in [0.2, 0.25) is 0 Å². The quantitative estimate of drug-likeness (QED) is 0.845. The third-order valence-electron chi connectivity index (χ3n) is 3.43. The first-order valence-electron chi connectivity index (χ1n) is 7.60. The second-order valence-electron chi connectivity index (χ2n) is 5.30. The Hall–Kier alpha value is -1.82. The lowest BCUT2D eigenvalue weighted by molar-refractivity contribution is 0.501. The molecule has 0 spiro atoms. The van der Waals surface area contributed by atoms with Crippen molar-refractivity contribution in [3.05, 3.63) is 34.9 Å². The van der Waals surface area contributed by atoms with Gasteiger partial charge in [-0.25, -0.2) is 4.68 Å². The molecule has 0 aliphatic carbocycles. The molecule has 2 rings (SSSR count). The van der Waals surface area contributed by atoms with Gasteiger partial charge in [-0.3, -0.25) is 0 Å². The number of aromatic nitrogens is 5. The normalized spacial score (nSPS) is 12.6. The Labute approximate surface area is 126 Å². The van der Waals surface area contributed by atoms with Crippen LogP contribution in [0.25, 0.3) is 0 Å². The molecule has 0 saturated carbocycles. The minimum atomic E-state index is 0.0562. The number of aryl methyl sites for hydroxylation is 3. The molecule has 1 N–H and O–H groups in total. The van der Waals surface area contributed by atoms with E-state index in [4.69, 9.17) is 0 Å². The van der Waals surface area contributed by atoms with E-state index in [0.29, 0.717) is 0 Å². The number of rotatable bonds is 7. The Morgan fingerprint density at radius 3 is 2.71 bits per heavy atom. The summed E-state index contributed by atoms with van der Waals surface area (Å²) in [7, 11) is 0. The largest absolute Gasteiger partial charge is 0.305 e. The van der Waals surface area contributed by atoms with Gasteiger partial charge in [0.15, 0.2) is 0 Å². The summed E-state index contributed by atoms with van der Waals surface area (Å²) in [6.07, 6.45) is 3.95. The van der Waals surface area contributed by atoms with Gasteiger partial charge >= 0.3 is 0 Å². The van der Waals surface area contributed by atoms with E-state index in [1.807, 2.05) is 24.7 Å². The molecule has 0 aliphatic rings. The van der Waals surface area contributed by atoms with E-state index >= 15 is 0 Å². The van der Waals surface area contributed by atoms with Crippen LogP contribution in [0, 0.1) is 13.8 Å². The van der Waals surface area contributed by atoms with Gasteiger partial charge in [-0.1, -0.05) is 19.1 Å². The summed E-state index contributed by atoms with van der Waals surface area (Å²) in [6.45, 7) is 10.1. The SMILES string of the molecule is CCCNC(c1cc(C)nnc1C)c1cnnn1CCC. The number of hydrogen-bond donors (Lipinski definition) is 1. The van der Waals surface area contributed by atoms with Crippen LogP contribution in [0.3, 0.4) is 0 Å². The highest BCUT2D eigenvalue weighted by atomic mass is 15.4. The van der Waals surface area contributed by atoms with Gasteiger partial charge in [0.25, 0.3) is 0 Å². The molecule has 0 fully saturated rings. The van der Waals surface area contributed by atoms with Crippen molar-refractivity contribution in [1.82, 2.24) is 30.5 Å². The molecule has 0 saturated heterocycles. The summed E-state index contributed by atoms with van der Waals surface area (Å²) in [4.78, 5) is 0. The first-order chi connectivity index (χ1) is 10.2. The molecule has 2 aromatic heterocycles. The van der Waals surface area contributed by atoms with Gasteiger partial charge in [0.05, 0.1) is 29.3 Å². The zero-order valence-electron chi connectivity index (χ0n) is 13.3. The molecule has 2 heterocycles. The average molecular weight is 288 g/mol. The van der Waals surface area contributed by atoms with Crippen molar-refractivity contribution < 1.29 is 0 Å². The Kier molecular flexibility index (Phi) is 5.38. The lowest BCUT2D eigenvalue weighted by atomic mass is 10.0. The summed E-state index contributed by atoms with van der Waals surface area (Å²) >= 11 is 0. The van der Waals surface area contributed by atoms with E-state index in [1.165, 1.54) is 0 Å². The van der Waals surface area contributed by atoms with Crippen LogP contribution in [0.4, 0.5) is 0 Å². The van der Waals surface area contributed by atoms with Crippen molar-refractivity contribution in [2.45, 2.75) is 53.1 Å². The van der Waals surface area contributed by atoms with E-state index in [2.05, 4.69) is 45.7 Å². The van der Waals surface area contributed by atoms with Crippen LogP contribution in [0.5, 0.6) is 0 Å². The minimum Gasteiger partial charge on any atom is -0.305 e. The van der Waals surface area contributed by atoms with Gasteiger partial charge in [0.2, 0.25) is 0 Å². The van der Waals surface area contributed by atoms with E-state index in [0.717, 1.165) is 48.6 Å². The highest BCUT2D eigenvalue weighted by molar-refractivity contribution is 5.30. The third kappa shape index (κ3) is 3.64. The molecule has 1 unspecified atom stereocenters. The molecule has 0 radical (unpaired) electrons. The number of hydrogen-bond acceptors (Lipinski definition) is 5. The number of nitrogens with one attached hydrogen (secondary N) is 1. The smallest absolute Gasteiger partial charge is 0.0802 e. The van der Waals surface area contributed by atoms with E-state index in [9.17, 15) is 0 Å². The van der Waals surface area contributed by atoms with E-state index < -0.39 is 0 Å². The van der Waals surface area contributed by atoms with Gasteiger partial charge in [-0.05, 0) is 39.3 Å². The predicted octanol–water partition coefficient (Wildman–Crippen LogP) is 2.18. The second-order valence-corrected chi connectivity index (χ2v) is 5.30. The van der Waals surface area contributed by atoms with Crippen LogP contribution < -0.4 is 5.32 Å². The van der Waals surface area contributed by atoms with Crippen LogP contribution in [0.15, 0.2) is 12.3 Å². The fraction of sp³-hybridized carbons (Fsp3) is 0.600. The topological polar surface area (TPSA) is 68.5 Å². The molecule has 0 bridgehead atoms. The highest BCUT2D eigenvalue weighted by Crippen LogP contribution is 2.23. The van der Waals surface area contributed by atoms with Crippen molar-refractivity contribution in [2.75, 3.05) is 6.54 Å². The monoisotopic (exact) mass is 288 g/mol. The molecule has 6 heteroatoms. The lowest BCUT2D eigenvalue weighted by Crippen LogP contribution is -2.27. The molecule has 0 aliphatic heterocycles. The van der Waals surface area contributed by atoms with Crippen molar-refractivity contribution >= 4 is 0 Å². The van der Waals surface area contributed by atoms with E-state index in [-0.39, 0.29) is 6.04 Å². The number of nitrogens with zero attached hydrogens (tertiary/aromatic N) is 5. The molecule has 114 valence electrons. The molecule has 2 aromatic rings. The highest BCUT2D eigenvalue weighted by Gasteiger charge is 2.21. The van der Waals surface area contributed by atoms with Gasteiger partial charge in [-0.15, -0.1) is 5.10 Å². The zero-order valence-corrected chi connectivity index (χ0v) is 13.3. The van der Waals surface area contributed by atoms with Crippen molar-refractivity contribution in [2.24, 2.45) is 0 Å². The Balaban J connectivity index is 2.42. The predicted molar refractivity (Wildman–Crippen MR) is 82.0 cm³/mol. The zero-order chi connectivity index (χ0) is 15.2. The van der Waals surface area contributed by atoms with Crippen molar-refractivity contribution in [3.8, 4) is 0 Å². The summed E-state index contributed by atoms with van der Waals surface area (Å²) < 4.78 is 1.97. The van der Waals surface area contributed by atoms with Crippen LogP contribution in [-0.2, 0) is 6.54 Å². The fourth-order valence-corrected chi connectivity index (χ4v) is 2.40. The van der Waals surface area contributed by atoms with Crippen molar-refractivity contribution in [3.63, 3.8) is 0 Å². The van der Waals surface area contributed by atoms with Gasteiger partial charge in [0, 0.05) is 12.1 Å². The maximum Gasteiger partial charge on any atom is 0.0802 e. The maximum absolute atomic E-state index is 4.25. The lowest BCUT2D eigenvalue weighted by Gasteiger charge is -2.21. The fourth-order valence-electron chi connectivity index (χ4n) is 2.40. The van der Waals surface area contributed by atoms with Gasteiger partial charge in [-0.2, -0.15) is 10.2 Å². The summed E-state index contributed by atoms with van der Waals surface area (Å²) in [5.41, 5.74) is 4.10. The Morgan fingerprint density at radius 2 is 2.00 bits per heavy atom. The van der Waals surface area contributed by atoms with E-state index in [1.54, 1.807) is 0 Å². The molecule has 1 atom stereocenters. The minimum absolute atomic E-state index is 0.0562. The molecular formula is C15H24N6.